The van der Waals surface area contributed by atoms with Crippen LogP contribution in [0.2, 0.25) is 0 Å². The number of hydrogen-bond donors (Lipinski definition) is 1. The molecule has 0 unspecified atom stereocenters. The van der Waals surface area contributed by atoms with Crippen LogP contribution in [0.3, 0.4) is 0 Å². The number of benzene rings is 1. The standard InChI is InChI=1S/C14H18FNO3/c1-5-12(17)9-6-7-10(15)11(8-9)16-13(18)19-14(2,3)4/h6-8H,5H2,1-4H3,(H,16,18). The monoisotopic (exact) mass is 267 g/mol. The molecular formula is C14H18FNO3. The second kappa shape index (κ2) is 5.82. The lowest BCUT2D eigenvalue weighted by Crippen LogP contribution is -2.27. The maximum Gasteiger partial charge on any atom is 0.412 e. The highest BCUT2D eigenvalue weighted by atomic mass is 19.1. The minimum atomic E-state index is -0.757. The largest absolute Gasteiger partial charge is 0.444 e. The fraction of sp³-hybridized carbons (Fsp3) is 0.429. The van der Waals surface area contributed by atoms with Crippen LogP contribution in [-0.2, 0) is 4.74 Å². The van der Waals surface area contributed by atoms with Crippen LogP contribution >= 0.6 is 0 Å². The predicted octanol–water partition coefficient (Wildman–Crippen LogP) is 3.77. The fourth-order valence-corrected chi connectivity index (χ4v) is 1.41. The Labute approximate surface area is 112 Å². The van der Waals surface area contributed by atoms with Gasteiger partial charge in [-0.3, -0.25) is 10.1 Å². The molecule has 1 N–H and O–H groups in total. The molecule has 0 bridgehead atoms. The molecule has 0 aliphatic heterocycles. The van der Waals surface area contributed by atoms with Gasteiger partial charge in [0, 0.05) is 12.0 Å². The van der Waals surface area contributed by atoms with Gasteiger partial charge in [-0.05, 0) is 39.0 Å². The number of nitrogens with one attached hydrogen (secondary N) is 1. The van der Waals surface area contributed by atoms with E-state index in [2.05, 4.69) is 5.32 Å². The Kier molecular flexibility index (Phi) is 4.64. The van der Waals surface area contributed by atoms with E-state index >= 15 is 0 Å². The van der Waals surface area contributed by atoms with Gasteiger partial charge in [0.1, 0.15) is 11.4 Å². The Morgan fingerprint density at radius 3 is 2.47 bits per heavy atom. The Balaban J connectivity index is 2.88. The van der Waals surface area contributed by atoms with Crippen LogP contribution in [0.25, 0.3) is 0 Å². The average molecular weight is 267 g/mol. The molecule has 0 radical (unpaired) electrons. The molecule has 19 heavy (non-hydrogen) atoms. The van der Waals surface area contributed by atoms with Gasteiger partial charge in [-0.2, -0.15) is 0 Å². The molecular weight excluding hydrogens is 249 g/mol. The first kappa shape index (κ1) is 15.1. The summed E-state index contributed by atoms with van der Waals surface area (Å²) in [5.41, 5.74) is -0.374. The Bertz CT molecular complexity index is 492. The molecule has 0 spiro atoms. The van der Waals surface area contributed by atoms with E-state index in [9.17, 15) is 14.0 Å². The highest BCUT2D eigenvalue weighted by molar-refractivity contribution is 5.97. The summed E-state index contributed by atoms with van der Waals surface area (Å²) in [7, 11) is 0. The SMILES string of the molecule is CCC(=O)c1ccc(F)c(NC(=O)OC(C)(C)C)c1. The molecule has 1 aromatic carbocycles. The molecule has 0 aromatic heterocycles. The second-order valence-electron chi connectivity index (χ2n) is 5.10. The van der Waals surface area contributed by atoms with Crippen molar-refractivity contribution < 1.29 is 18.7 Å². The van der Waals surface area contributed by atoms with E-state index in [1.807, 2.05) is 0 Å². The normalized spacial score (nSPS) is 11.0. The van der Waals surface area contributed by atoms with Crippen molar-refractivity contribution in [3.63, 3.8) is 0 Å². The Morgan fingerprint density at radius 2 is 1.95 bits per heavy atom. The van der Waals surface area contributed by atoms with Crippen LogP contribution in [0.1, 0.15) is 44.5 Å². The predicted molar refractivity (Wildman–Crippen MR) is 70.9 cm³/mol. The Morgan fingerprint density at radius 1 is 1.32 bits per heavy atom. The van der Waals surface area contributed by atoms with E-state index in [4.69, 9.17) is 4.74 Å². The van der Waals surface area contributed by atoms with Crippen LogP contribution in [0.5, 0.6) is 0 Å². The van der Waals surface area contributed by atoms with Crippen molar-refractivity contribution in [2.24, 2.45) is 0 Å². The molecule has 1 rings (SSSR count). The van der Waals surface area contributed by atoms with Gasteiger partial charge < -0.3 is 4.74 Å². The van der Waals surface area contributed by atoms with Gasteiger partial charge in [-0.15, -0.1) is 0 Å². The van der Waals surface area contributed by atoms with Crippen LogP contribution in [0.15, 0.2) is 18.2 Å². The van der Waals surface area contributed by atoms with Gasteiger partial charge in [0.15, 0.2) is 5.78 Å². The van der Waals surface area contributed by atoms with Gasteiger partial charge in [0.25, 0.3) is 0 Å². The zero-order chi connectivity index (χ0) is 14.6. The van der Waals surface area contributed by atoms with Crippen molar-refractivity contribution in [2.75, 3.05) is 5.32 Å². The Hall–Kier alpha value is -1.91. The lowest BCUT2D eigenvalue weighted by Gasteiger charge is -2.19. The molecule has 1 amide bonds. The number of amides is 1. The molecule has 0 aliphatic carbocycles. The van der Waals surface area contributed by atoms with Crippen LogP contribution in [-0.4, -0.2) is 17.5 Å². The maximum absolute atomic E-state index is 13.5. The first-order valence-corrected chi connectivity index (χ1v) is 6.05. The number of carbonyl (C=O) groups excluding carboxylic acids is 2. The van der Waals surface area contributed by atoms with Gasteiger partial charge in [-0.25, -0.2) is 9.18 Å². The number of halogens is 1. The molecule has 0 atom stereocenters. The summed E-state index contributed by atoms with van der Waals surface area (Å²) >= 11 is 0. The highest BCUT2D eigenvalue weighted by Crippen LogP contribution is 2.18. The summed E-state index contributed by atoms with van der Waals surface area (Å²) in [6.07, 6.45) is -0.440. The fourth-order valence-electron chi connectivity index (χ4n) is 1.41. The van der Waals surface area contributed by atoms with Crippen molar-refractivity contribution in [1.82, 2.24) is 0 Å². The molecule has 0 heterocycles. The topological polar surface area (TPSA) is 55.4 Å². The lowest BCUT2D eigenvalue weighted by molar-refractivity contribution is 0.0635. The summed E-state index contributed by atoms with van der Waals surface area (Å²) in [4.78, 5) is 23.1. The number of ketones is 1. The summed E-state index contributed by atoms with van der Waals surface area (Å²) < 4.78 is 18.6. The van der Waals surface area contributed by atoms with Gasteiger partial charge in [-0.1, -0.05) is 6.92 Å². The van der Waals surface area contributed by atoms with Crippen LogP contribution < -0.4 is 5.32 Å². The number of rotatable bonds is 3. The summed E-state index contributed by atoms with van der Waals surface area (Å²) in [6.45, 7) is 6.84. The van der Waals surface area contributed by atoms with E-state index in [1.165, 1.54) is 12.1 Å². The highest BCUT2D eigenvalue weighted by Gasteiger charge is 2.18. The van der Waals surface area contributed by atoms with Crippen LogP contribution in [0.4, 0.5) is 14.9 Å². The number of ether oxygens (including phenoxy) is 1. The van der Waals surface area contributed by atoms with Gasteiger partial charge in [0.05, 0.1) is 5.69 Å². The van der Waals surface area contributed by atoms with Gasteiger partial charge >= 0.3 is 6.09 Å². The third-order valence-electron chi connectivity index (χ3n) is 2.25. The number of hydrogen-bond acceptors (Lipinski definition) is 3. The van der Waals surface area contributed by atoms with Gasteiger partial charge in [0.2, 0.25) is 0 Å². The molecule has 0 saturated heterocycles. The quantitative estimate of drug-likeness (QED) is 0.848. The van der Waals surface area contributed by atoms with Crippen molar-refractivity contribution >= 4 is 17.6 Å². The minimum absolute atomic E-state index is 0.0615. The van der Waals surface area contributed by atoms with Crippen molar-refractivity contribution in [1.29, 1.82) is 0 Å². The second-order valence-corrected chi connectivity index (χ2v) is 5.10. The smallest absolute Gasteiger partial charge is 0.412 e. The van der Waals surface area contributed by atoms with Crippen molar-refractivity contribution in [2.45, 2.75) is 39.7 Å². The molecule has 0 aliphatic rings. The van der Waals surface area contributed by atoms with Crippen LogP contribution in [0, 0.1) is 5.82 Å². The molecule has 0 fully saturated rings. The number of carbonyl (C=O) groups is 2. The average Bonchev–Trinajstić information content (AvgIpc) is 2.28. The van der Waals surface area contributed by atoms with E-state index in [0.717, 1.165) is 6.07 Å². The number of Topliss-reactive ketones (excluding diaryl/α,β-unsaturated/α-hetero) is 1. The molecule has 4 nitrogen and oxygen atoms in total. The number of anilines is 1. The molecule has 5 heteroatoms. The molecule has 104 valence electrons. The summed E-state index contributed by atoms with van der Waals surface area (Å²) in [5.74, 6) is -0.731. The minimum Gasteiger partial charge on any atom is -0.444 e. The third-order valence-corrected chi connectivity index (χ3v) is 2.25. The van der Waals surface area contributed by atoms with E-state index < -0.39 is 17.5 Å². The van der Waals surface area contributed by atoms with E-state index in [-0.39, 0.29) is 11.5 Å². The zero-order valence-corrected chi connectivity index (χ0v) is 11.5. The zero-order valence-electron chi connectivity index (χ0n) is 11.5. The summed E-state index contributed by atoms with van der Waals surface area (Å²) in [5, 5.41) is 2.30. The van der Waals surface area contributed by atoms with Crippen molar-refractivity contribution in [3.05, 3.63) is 29.6 Å². The maximum atomic E-state index is 13.5. The molecule has 1 aromatic rings. The molecule has 0 saturated carbocycles. The first-order chi connectivity index (χ1) is 8.73. The lowest BCUT2D eigenvalue weighted by atomic mass is 10.1. The first-order valence-electron chi connectivity index (χ1n) is 6.05. The summed E-state index contributed by atoms with van der Waals surface area (Å²) in [6, 6.07) is 3.85. The van der Waals surface area contributed by atoms with E-state index in [1.54, 1.807) is 27.7 Å². The van der Waals surface area contributed by atoms with E-state index in [0.29, 0.717) is 12.0 Å². The third kappa shape index (κ3) is 4.69. The van der Waals surface area contributed by atoms with Crippen molar-refractivity contribution in [3.8, 4) is 0 Å².